The molecule has 3 amide bonds. The Labute approximate surface area is 185 Å². The molecule has 10 heteroatoms. The molecule has 1 aromatic carbocycles. The third kappa shape index (κ3) is 4.80. The minimum atomic E-state index is -1.38. The highest BCUT2D eigenvalue weighted by molar-refractivity contribution is 6.22. The molecular weight excluding hydrogens is 418 g/mol. The van der Waals surface area contributed by atoms with Crippen LogP contribution in [-0.4, -0.2) is 68.9 Å². The van der Waals surface area contributed by atoms with Gasteiger partial charge in [0.25, 0.3) is 17.7 Å². The molecule has 2 atom stereocenters. The van der Waals surface area contributed by atoms with Crippen LogP contribution in [0.4, 0.5) is 0 Å². The Bertz CT molecular complexity index is 918. The maximum absolute atomic E-state index is 13.5. The number of hydrogen-bond donors (Lipinski definition) is 2. The zero-order chi connectivity index (χ0) is 23.6. The van der Waals surface area contributed by atoms with Crippen molar-refractivity contribution in [2.45, 2.75) is 64.1 Å². The van der Waals surface area contributed by atoms with Crippen LogP contribution in [0.25, 0.3) is 0 Å². The van der Waals surface area contributed by atoms with E-state index in [0.717, 1.165) is 9.91 Å². The molecule has 10 nitrogen and oxygen atoms in total. The fourth-order valence-corrected chi connectivity index (χ4v) is 3.83. The number of benzene rings is 1. The zero-order valence-corrected chi connectivity index (χ0v) is 18.3. The molecule has 32 heavy (non-hydrogen) atoms. The molecule has 172 valence electrons. The van der Waals surface area contributed by atoms with Gasteiger partial charge in [0.1, 0.15) is 17.7 Å². The molecule has 1 fully saturated rings. The fourth-order valence-electron chi connectivity index (χ4n) is 3.83. The number of fused-ring (bicyclic) bond motifs is 1. The van der Waals surface area contributed by atoms with Crippen molar-refractivity contribution >= 4 is 29.7 Å². The van der Waals surface area contributed by atoms with Gasteiger partial charge in [-0.3, -0.25) is 29.1 Å². The minimum Gasteiger partial charge on any atom is -0.481 e. The van der Waals surface area contributed by atoms with E-state index < -0.39 is 53.8 Å². The van der Waals surface area contributed by atoms with Crippen molar-refractivity contribution in [3.63, 3.8) is 0 Å². The number of ether oxygens (including phenoxy) is 1. The largest absolute Gasteiger partial charge is 0.481 e. The summed E-state index contributed by atoms with van der Waals surface area (Å²) in [6, 6.07) is 3.83. The predicted octanol–water partition coefficient (Wildman–Crippen LogP) is 1.35. The first-order valence-corrected chi connectivity index (χ1v) is 10.5. The second kappa shape index (κ2) is 9.07. The van der Waals surface area contributed by atoms with Crippen LogP contribution in [-0.2, 0) is 19.1 Å². The molecule has 1 aromatic rings. The molecule has 0 radical (unpaired) electrons. The van der Waals surface area contributed by atoms with Crippen LogP contribution in [0.5, 0.6) is 0 Å². The van der Waals surface area contributed by atoms with Crippen LogP contribution in [0.3, 0.4) is 0 Å². The molecule has 1 unspecified atom stereocenters. The minimum absolute atomic E-state index is 0.154. The van der Waals surface area contributed by atoms with Gasteiger partial charge in [-0.05, 0) is 52.2 Å². The lowest BCUT2D eigenvalue weighted by atomic mass is 10.0. The second-order valence-electron chi connectivity index (χ2n) is 8.78. The Hall–Kier alpha value is -3.27. The van der Waals surface area contributed by atoms with Crippen molar-refractivity contribution in [3.05, 3.63) is 35.4 Å². The molecule has 0 spiro atoms. The number of amides is 3. The molecule has 0 bridgehead atoms. The number of nitrogens with one attached hydrogen (secondary N) is 1. The van der Waals surface area contributed by atoms with E-state index in [1.807, 2.05) is 0 Å². The number of carboxylic acids is 1. The number of hydrogen-bond acceptors (Lipinski definition) is 7. The summed E-state index contributed by atoms with van der Waals surface area (Å²) in [6.07, 6.45) is 0.232. The molecule has 1 saturated heterocycles. The number of carboxylic acid groups (broad SMARTS) is 1. The highest BCUT2D eigenvalue weighted by Crippen LogP contribution is 2.28. The Kier molecular flexibility index (Phi) is 6.63. The average Bonchev–Trinajstić information content (AvgIpc) is 2.98. The number of hydrazine groups is 1. The Morgan fingerprint density at radius 3 is 2.28 bits per heavy atom. The third-order valence-corrected chi connectivity index (χ3v) is 5.22. The van der Waals surface area contributed by atoms with Crippen LogP contribution in [0.2, 0.25) is 0 Å². The number of imide groups is 1. The molecule has 2 aliphatic heterocycles. The summed E-state index contributed by atoms with van der Waals surface area (Å²) in [5.41, 5.74) is 2.40. The maximum Gasteiger partial charge on any atom is 0.331 e. The molecule has 2 aliphatic rings. The zero-order valence-electron chi connectivity index (χ0n) is 18.3. The summed E-state index contributed by atoms with van der Waals surface area (Å²) in [5.74, 6) is -3.84. The van der Waals surface area contributed by atoms with Crippen molar-refractivity contribution in [1.82, 2.24) is 15.3 Å². The molecule has 2 N–H and O–H groups in total. The summed E-state index contributed by atoms with van der Waals surface area (Å²) in [4.78, 5) is 64.2. The van der Waals surface area contributed by atoms with Gasteiger partial charge in [-0.2, -0.15) is 0 Å². The normalized spacial score (nSPS) is 19.5. The fraction of sp³-hybridized carbons (Fsp3) is 0.500. The van der Waals surface area contributed by atoms with E-state index >= 15 is 0 Å². The van der Waals surface area contributed by atoms with Crippen LogP contribution >= 0.6 is 0 Å². The van der Waals surface area contributed by atoms with Crippen molar-refractivity contribution in [3.8, 4) is 0 Å². The number of carbonyl (C=O) groups is 5. The molecule has 0 aromatic heterocycles. The monoisotopic (exact) mass is 445 g/mol. The quantitative estimate of drug-likeness (QED) is 0.495. The van der Waals surface area contributed by atoms with E-state index in [4.69, 9.17) is 9.84 Å². The Morgan fingerprint density at radius 2 is 1.75 bits per heavy atom. The second-order valence-corrected chi connectivity index (χ2v) is 8.78. The van der Waals surface area contributed by atoms with Gasteiger partial charge < -0.3 is 9.84 Å². The van der Waals surface area contributed by atoms with E-state index in [1.165, 1.54) is 12.1 Å². The summed E-state index contributed by atoms with van der Waals surface area (Å²) in [6.45, 7) is 5.53. The standard InChI is InChI=1S/C22H27N3O7/c1-22(2,3)32-21(31)16-9-6-12-23-25(16)20(30)15(10-11-17(26)27)24-18(28)13-7-4-5-8-14(13)19(24)29/h4-5,7-8,15-16,23H,6,9-12H2,1-3H3,(H,26,27)/t15-,16?/m0/s1. The highest BCUT2D eigenvalue weighted by Gasteiger charge is 2.46. The number of rotatable bonds is 6. The lowest BCUT2D eigenvalue weighted by molar-refractivity contribution is -0.170. The Balaban J connectivity index is 1.92. The van der Waals surface area contributed by atoms with Crippen LogP contribution in [0.1, 0.15) is 67.2 Å². The summed E-state index contributed by atoms with van der Waals surface area (Å²) in [5, 5.41) is 10.3. The smallest absolute Gasteiger partial charge is 0.331 e. The molecular formula is C22H27N3O7. The lowest BCUT2D eigenvalue weighted by Crippen LogP contribution is -2.62. The van der Waals surface area contributed by atoms with Gasteiger partial charge in [0.15, 0.2) is 0 Å². The van der Waals surface area contributed by atoms with E-state index in [9.17, 15) is 24.0 Å². The highest BCUT2D eigenvalue weighted by atomic mass is 16.6. The van der Waals surface area contributed by atoms with Gasteiger partial charge in [0.2, 0.25) is 0 Å². The van der Waals surface area contributed by atoms with Crippen LogP contribution < -0.4 is 5.43 Å². The topological polar surface area (TPSA) is 133 Å². The number of esters is 1. The van der Waals surface area contributed by atoms with E-state index in [-0.39, 0.29) is 17.5 Å². The van der Waals surface area contributed by atoms with Crippen molar-refractivity contribution < 1.29 is 33.8 Å². The molecule has 2 heterocycles. The Morgan fingerprint density at radius 1 is 1.16 bits per heavy atom. The van der Waals surface area contributed by atoms with Crippen LogP contribution in [0, 0.1) is 0 Å². The van der Waals surface area contributed by atoms with Crippen molar-refractivity contribution in [2.24, 2.45) is 0 Å². The summed E-state index contributed by atoms with van der Waals surface area (Å²) >= 11 is 0. The summed E-state index contributed by atoms with van der Waals surface area (Å²) < 4.78 is 5.44. The SMILES string of the molecule is CC(C)(C)OC(=O)C1CCCNN1C(=O)[C@H](CCC(=O)O)N1C(=O)c2ccccc2C1=O. The first kappa shape index (κ1) is 23.4. The van der Waals surface area contributed by atoms with Gasteiger partial charge in [0, 0.05) is 13.0 Å². The van der Waals surface area contributed by atoms with Crippen LogP contribution in [0.15, 0.2) is 24.3 Å². The van der Waals surface area contributed by atoms with Crippen molar-refractivity contribution in [2.75, 3.05) is 6.54 Å². The van der Waals surface area contributed by atoms with Gasteiger partial charge in [-0.15, -0.1) is 0 Å². The van der Waals surface area contributed by atoms with Gasteiger partial charge in [-0.25, -0.2) is 10.2 Å². The molecule has 3 rings (SSSR count). The number of aliphatic carboxylic acids is 1. The third-order valence-electron chi connectivity index (χ3n) is 5.22. The van der Waals surface area contributed by atoms with Gasteiger partial charge >= 0.3 is 11.9 Å². The average molecular weight is 445 g/mol. The molecule has 0 aliphatic carbocycles. The number of nitrogens with zero attached hydrogens (tertiary/aromatic N) is 2. The van der Waals surface area contributed by atoms with E-state index in [0.29, 0.717) is 19.4 Å². The maximum atomic E-state index is 13.5. The van der Waals surface area contributed by atoms with Gasteiger partial charge in [-0.1, -0.05) is 12.1 Å². The lowest BCUT2D eigenvalue weighted by Gasteiger charge is -2.39. The molecule has 0 saturated carbocycles. The van der Waals surface area contributed by atoms with E-state index in [1.54, 1.807) is 32.9 Å². The first-order valence-electron chi connectivity index (χ1n) is 10.5. The number of carbonyl (C=O) groups excluding carboxylic acids is 4. The predicted molar refractivity (Wildman–Crippen MR) is 111 cm³/mol. The summed E-state index contributed by atoms with van der Waals surface area (Å²) in [7, 11) is 0. The first-order chi connectivity index (χ1) is 15.0. The van der Waals surface area contributed by atoms with E-state index in [2.05, 4.69) is 5.43 Å². The van der Waals surface area contributed by atoms with Gasteiger partial charge in [0.05, 0.1) is 11.1 Å². The van der Waals surface area contributed by atoms with Crippen molar-refractivity contribution in [1.29, 1.82) is 0 Å².